The Morgan fingerprint density at radius 1 is 0.387 bits per heavy atom. The van der Waals surface area contributed by atoms with Gasteiger partial charge in [0, 0.05) is 33.4 Å². The summed E-state index contributed by atoms with van der Waals surface area (Å²) in [5.74, 6) is 2.40. The average molecular weight is 793 g/mol. The van der Waals surface area contributed by atoms with Gasteiger partial charge in [-0.15, -0.1) is 0 Å². The van der Waals surface area contributed by atoms with Crippen molar-refractivity contribution in [2.75, 3.05) is 0 Å². The van der Waals surface area contributed by atoms with Crippen LogP contribution < -0.4 is 4.74 Å². The molecule has 0 saturated heterocycles. The van der Waals surface area contributed by atoms with E-state index in [2.05, 4.69) is 218 Å². The predicted molar refractivity (Wildman–Crippen MR) is 253 cm³/mol. The Bertz CT molecular complexity index is 3240. The summed E-state index contributed by atoms with van der Waals surface area (Å²) >= 11 is 0. The maximum absolute atomic E-state index is 7.14. The lowest BCUT2D eigenvalue weighted by atomic mass is 9.65. The number of aromatic nitrogens is 2. The standard InChI is InChI=1S/C59H40N2O/c1-3-18-39(19-4-1)41-22-15-24-43(36-41)54-38-55(61-58(60-54)44-25-16-23-42(37-44)40-20-5-2-6-21-40)48-29-8-7-26-45(48)49-30-17-34-53-57(49)62-56-35-14-13-33-52(56)59(53)50-31-11-9-27-46(50)47-28-10-12-32-51(47)59/h1,3-5,7-38H,2,6H2. The van der Waals surface area contributed by atoms with Crippen molar-refractivity contribution in [3.63, 3.8) is 0 Å². The molecule has 3 aliphatic rings. The molecule has 8 aromatic carbocycles. The van der Waals surface area contributed by atoms with Gasteiger partial charge in [0.05, 0.1) is 16.8 Å². The number of benzene rings is 8. The smallest absolute Gasteiger partial charge is 0.160 e. The van der Waals surface area contributed by atoms with Gasteiger partial charge < -0.3 is 4.74 Å². The molecule has 0 amide bonds. The van der Waals surface area contributed by atoms with Gasteiger partial charge in [0.1, 0.15) is 11.5 Å². The minimum absolute atomic E-state index is 0.560. The highest BCUT2D eigenvalue weighted by molar-refractivity contribution is 5.93. The zero-order chi connectivity index (χ0) is 41.0. The van der Waals surface area contributed by atoms with Crippen LogP contribution in [0.25, 0.3) is 72.9 Å². The zero-order valence-electron chi connectivity index (χ0n) is 34.0. The number of hydrogen-bond donors (Lipinski definition) is 0. The molecule has 0 atom stereocenters. The molecule has 0 radical (unpaired) electrons. The third kappa shape index (κ3) is 5.73. The molecule has 1 spiro atoms. The Balaban J connectivity index is 1.07. The van der Waals surface area contributed by atoms with Gasteiger partial charge in [0.25, 0.3) is 0 Å². The molecule has 62 heavy (non-hydrogen) atoms. The van der Waals surface area contributed by atoms with Crippen LogP contribution in [-0.4, -0.2) is 9.97 Å². The number of fused-ring (bicyclic) bond motifs is 9. The summed E-state index contributed by atoms with van der Waals surface area (Å²) in [7, 11) is 0. The fourth-order valence-corrected chi connectivity index (χ4v) is 10.0. The Hall–Kier alpha value is -7.88. The minimum atomic E-state index is -0.560. The second-order valence-electron chi connectivity index (χ2n) is 16.3. The van der Waals surface area contributed by atoms with Crippen LogP contribution in [0.5, 0.6) is 11.5 Å². The Kier molecular flexibility index (Phi) is 8.53. The van der Waals surface area contributed by atoms with Crippen LogP contribution in [0.15, 0.2) is 218 Å². The maximum atomic E-state index is 7.14. The quantitative estimate of drug-likeness (QED) is 0.168. The minimum Gasteiger partial charge on any atom is -0.456 e. The van der Waals surface area contributed by atoms with Gasteiger partial charge in [-0.2, -0.15) is 0 Å². The summed E-state index contributed by atoms with van der Waals surface area (Å²) in [6.45, 7) is 0. The molecule has 12 rings (SSSR count). The summed E-state index contributed by atoms with van der Waals surface area (Å²) in [6.07, 6.45) is 8.92. The molecule has 3 heteroatoms. The third-order valence-electron chi connectivity index (χ3n) is 12.8. The monoisotopic (exact) mass is 792 g/mol. The van der Waals surface area contributed by atoms with E-state index < -0.39 is 5.41 Å². The van der Waals surface area contributed by atoms with Crippen LogP contribution >= 0.6 is 0 Å². The Morgan fingerprint density at radius 3 is 1.73 bits per heavy atom. The van der Waals surface area contributed by atoms with Crippen molar-refractivity contribution in [3.8, 4) is 78.8 Å². The van der Waals surface area contributed by atoms with Crippen molar-refractivity contribution in [1.29, 1.82) is 0 Å². The van der Waals surface area contributed by atoms with Gasteiger partial charge in [-0.1, -0.05) is 194 Å². The zero-order valence-corrected chi connectivity index (χ0v) is 34.0. The van der Waals surface area contributed by atoms with Crippen molar-refractivity contribution in [2.24, 2.45) is 0 Å². The van der Waals surface area contributed by atoms with E-state index in [1.165, 1.54) is 27.8 Å². The van der Waals surface area contributed by atoms with Gasteiger partial charge in [-0.25, -0.2) is 9.97 Å². The molecule has 292 valence electrons. The summed E-state index contributed by atoms with van der Waals surface area (Å²) < 4.78 is 7.14. The van der Waals surface area contributed by atoms with Crippen LogP contribution in [-0.2, 0) is 5.41 Å². The lowest BCUT2D eigenvalue weighted by molar-refractivity contribution is 0.438. The molecule has 2 aliphatic carbocycles. The largest absolute Gasteiger partial charge is 0.456 e. The third-order valence-corrected chi connectivity index (χ3v) is 12.8. The summed E-state index contributed by atoms with van der Waals surface area (Å²) in [5, 5.41) is 0. The second-order valence-corrected chi connectivity index (χ2v) is 16.3. The van der Waals surface area contributed by atoms with E-state index in [0.29, 0.717) is 5.82 Å². The number of ether oxygens (including phenoxy) is 1. The summed E-state index contributed by atoms with van der Waals surface area (Å²) in [6, 6.07) is 71.6. The topological polar surface area (TPSA) is 35.0 Å². The van der Waals surface area contributed by atoms with Crippen LogP contribution in [0.4, 0.5) is 0 Å². The lowest BCUT2D eigenvalue weighted by Crippen LogP contribution is -2.32. The molecule has 2 heterocycles. The first-order valence-electron chi connectivity index (χ1n) is 21.5. The fraction of sp³-hybridized carbons (Fsp3) is 0.0508. The molecule has 9 aromatic rings. The lowest BCUT2D eigenvalue weighted by Gasteiger charge is -2.40. The average Bonchev–Trinajstić information content (AvgIpc) is 3.65. The second kappa shape index (κ2) is 14.7. The van der Waals surface area contributed by atoms with Crippen molar-refractivity contribution in [2.45, 2.75) is 18.3 Å². The number of allylic oxidation sites excluding steroid dienone is 4. The number of rotatable bonds is 6. The normalized spacial score (nSPS) is 14.0. The van der Waals surface area contributed by atoms with Gasteiger partial charge in [-0.05, 0) is 87.2 Å². The molecule has 0 unspecified atom stereocenters. The molecule has 1 aliphatic heterocycles. The molecule has 0 fully saturated rings. The van der Waals surface area contributed by atoms with E-state index in [0.717, 1.165) is 91.4 Å². The van der Waals surface area contributed by atoms with Gasteiger partial charge in [0.2, 0.25) is 0 Å². The Labute approximate surface area is 362 Å². The van der Waals surface area contributed by atoms with E-state index in [1.807, 2.05) is 0 Å². The predicted octanol–water partition coefficient (Wildman–Crippen LogP) is 15.0. The summed E-state index contributed by atoms with van der Waals surface area (Å²) in [5.41, 5.74) is 18.2. The van der Waals surface area contributed by atoms with Crippen LogP contribution in [0, 0.1) is 0 Å². The number of nitrogens with zero attached hydrogens (tertiary/aromatic N) is 2. The molecule has 0 bridgehead atoms. The van der Waals surface area contributed by atoms with Gasteiger partial charge in [-0.3, -0.25) is 0 Å². The first kappa shape index (κ1) is 36.0. The van der Waals surface area contributed by atoms with Crippen molar-refractivity contribution < 1.29 is 4.74 Å². The molecular weight excluding hydrogens is 753 g/mol. The number of para-hydroxylation sites is 2. The van der Waals surface area contributed by atoms with Crippen molar-refractivity contribution in [1.82, 2.24) is 9.97 Å². The molecular formula is C59H40N2O. The SMILES string of the molecule is C1=CC(c2cccc(-c3nc(-c4cccc(-c5ccccc5)c4)cc(-c4ccccc4-c4cccc5c4Oc4ccccc4C54c5ccccc5-c5ccccc54)n3)c2)=CCC1. The van der Waals surface area contributed by atoms with E-state index in [9.17, 15) is 0 Å². The highest BCUT2D eigenvalue weighted by atomic mass is 16.5. The maximum Gasteiger partial charge on any atom is 0.160 e. The first-order chi connectivity index (χ1) is 30.7. The Morgan fingerprint density at radius 2 is 0.952 bits per heavy atom. The van der Waals surface area contributed by atoms with Crippen LogP contribution in [0.3, 0.4) is 0 Å². The van der Waals surface area contributed by atoms with Crippen LogP contribution in [0.1, 0.15) is 40.7 Å². The fourth-order valence-electron chi connectivity index (χ4n) is 10.0. The first-order valence-corrected chi connectivity index (χ1v) is 21.5. The van der Waals surface area contributed by atoms with Crippen LogP contribution in [0.2, 0.25) is 0 Å². The molecule has 0 N–H and O–H groups in total. The van der Waals surface area contributed by atoms with E-state index in [4.69, 9.17) is 14.7 Å². The van der Waals surface area contributed by atoms with E-state index >= 15 is 0 Å². The molecule has 0 saturated carbocycles. The molecule has 1 aromatic heterocycles. The van der Waals surface area contributed by atoms with Gasteiger partial charge in [0.15, 0.2) is 5.82 Å². The highest BCUT2D eigenvalue weighted by Crippen LogP contribution is 2.63. The highest BCUT2D eigenvalue weighted by Gasteiger charge is 2.51. The summed E-state index contributed by atoms with van der Waals surface area (Å²) in [4.78, 5) is 10.8. The van der Waals surface area contributed by atoms with E-state index in [-0.39, 0.29) is 0 Å². The van der Waals surface area contributed by atoms with E-state index in [1.54, 1.807) is 0 Å². The number of hydrogen-bond acceptors (Lipinski definition) is 3. The van der Waals surface area contributed by atoms with Crippen molar-refractivity contribution >= 4 is 5.57 Å². The molecule has 3 nitrogen and oxygen atoms in total. The van der Waals surface area contributed by atoms with Crippen molar-refractivity contribution in [3.05, 3.63) is 246 Å². The van der Waals surface area contributed by atoms with Gasteiger partial charge >= 0.3 is 0 Å².